The lowest BCUT2D eigenvalue weighted by Crippen LogP contribution is -2.40. The third-order valence-electron chi connectivity index (χ3n) is 6.78. The molecule has 0 aromatic heterocycles. The number of benzene rings is 2. The van der Waals surface area contributed by atoms with Crippen LogP contribution in [0.25, 0.3) is 0 Å². The number of thioether (sulfide) groups is 1. The highest BCUT2D eigenvalue weighted by atomic mass is 32.2. The molecule has 188 valence electrons. The molecule has 1 aliphatic rings. The Labute approximate surface area is 213 Å². The van der Waals surface area contributed by atoms with E-state index in [-0.39, 0.29) is 22.3 Å². The molecule has 0 spiro atoms. The Hall–Kier alpha value is -2.60. The van der Waals surface area contributed by atoms with E-state index in [1.54, 1.807) is 0 Å². The van der Waals surface area contributed by atoms with Crippen molar-refractivity contribution >= 4 is 34.4 Å². The lowest BCUT2D eigenvalue weighted by Gasteiger charge is -2.36. The number of para-hydroxylation sites is 1. The Morgan fingerprint density at radius 2 is 1.60 bits per heavy atom. The van der Waals surface area contributed by atoms with Gasteiger partial charge in [0.15, 0.2) is 0 Å². The summed E-state index contributed by atoms with van der Waals surface area (Å²) in [5.41, 5.74) is 1.30. The summed E-state index contributed by atoms with van der Waals surface area (Å²) in [7, 11) is 0. The van der Waals surface area contributed by atoms with Crippen LogP contribution in [0.15, 0.2) is 59.5 Å². The van der Waals surface area contributed by atoms with Crippen LogP contribution < -0.4 is 10.6 Å². The maximum atomic E-state index is 13.6. The van der Waals surface area contributed by atoms with Crippen LogP contribution in [0.1, 0.15) is 71.3 Å². The smallest absolute Gasteiger partial charge is 0.230 e. The van der Waals surface area contributed by atoms with Gasteiger partial charge in [0.2, 0.25) is 16.9 Å². The minimum Gasteiger partial charge on any atom is -0.345 e. The number of amides is 2. The van der Waals surface area contributed by atoms with Crippen molar-refractivity contribution in [2.45, 2.75) is 83.1 Å². The Morgan fingerprint density at radius 1 is 0.943 bits per heavy atom. The van der Waals surface area contributed by atoms with Crippen molar-refractivity contribution in [1.82, 2.24) is 5.32 Å². The maximum Gasteiger partial charge on any atom is 0.230 e. The molecule has 0 heterocycles. The predicted molar refractivity (Wildman–Crippen MR) is 143 cm³/mol. The third kappa shape index (κ3) is 7.96. The van der Waals surface area contributed by atoms with E-state index < -0.39 is 6.04 Å². The highest BCUT2D eigenvalue weighted by molar-refractivity contribution is 8.14. The average Bonchev–Trinajstić information content (AvgIpc) is 2.84. The van der Waals surface area contributed by atoms with Crippen LogP contribution in [0.3, 0.4) is 0 Å². The van der Waals surface area contributed by atoms with Crippen molar-refractivity contribution in [3.8, 4) is 0 Å². The standard InChI is InChI=1S/C29H38N2O3S/c1-21(2)16-19-29(17-10-5-11-18-29)28(34)31-24-14-8-9-15-26(24)35-27(33)25(30-22(3)32)20-23-12-6-4-7-13-23/h4,6-9,12-15,21,25H,5,10-11,16-20H2,1-3H3,(H,30,32)(H,31,34). The van der Waals surface area contributed by atoms with E-state index in [2.05, 4.69) is 24.5 Å². The van der Waals surface area contributed by atoms with Crippen LogP contribution in [0, 0.1) is 11.3 Å². The number of carbonyl (C=O) groups is 3. The largest absolute Gasteiger partial charge is 0.345 e. The summed E-state index contributed by atoms with van der Waals surface area (Å²) in [6, 6.07) is 16.5. The van der Waals surface area contributed by atoms with Gasteiger partial charge in [-0.25, -0.2) is 0 Å². The molecule has 6 heteroatoms. The Bertz CT molecular complexity index is 1000. The molecular formula is C29H38N2O3S. The van der Waals surface area contributed by atoms with Crippen molar-refractivity contribution in [2.75, 3.05) is 5.32 Å². The SMILES string of the molecule is CC(=O)NC(Cc1ccccc1)C(=O)Sc1ccccc1NC(=O)C1(CCC(C)C)CCCCC1. The summed E-state index contributed by atoms with van der Waals surface area (Å²) in [6.45, 7) is 5.82. The summed E-state index contributed by atoms with van der Waals surface area (Å²) in [5, 5.41) is 5.82. The zero-order valence-electron chi connectivity index (χ0n) is 21.1. The Balaban J connectivity index is 1.76. The molecular weight excluding hydrogens is 456 g/mol. The molecule has 35 heavy (non-hydrogen) atoms. The van der Waals surface area contributed by atoms with Gasteiger partial charge < -0.3 is 10.6 Å². The van der Waals surface area contributed by atoms with Gasteiger partial charge in [0.25, 0.3) is 0 Å². The number of nitrogens with one attached hydrogen (secondary N) is 2. The maximum absolute atomic E-state index is 13.6. The predicted octanol–water partition coefficient (Wildman–Crippen LogP) is 6.38. The fraction of sp³-hybridized carbons (Fsp3) is 0.483. The van der Waals surface area contributed by atoms with Crippen LogP contribution >= 0.6 is 11.8 Å². The molecule has 1 unspecified atom stereocenters. The molecule has 1 aliphatic carbocycles. The fourth-order valence-corrected chi connectivity index (χ4v) is 5.64. The molecule has 1 saturated carbocycles. The van der Waals surface area contributed by atoms with Gasteiger partial charge in [0, 0.05) is 23.7 Å². The van der Waals surface area contributed by atoms with E-state index in [1.165, 1.54) is 13.3 Å². The number of rotatable bonds is 10. The lowest BCUT2D eigenvalue weighted by atomic mass is 9.69. The molecule has 2 aromatic rings. The van der Waals surface area contributed by atoms with E-state index in [0.717, 1.165) is 55.9 Å². The topological polar surface area (TPSA) is 75.3 Å². The monoisotopic (exact) mass is 494 g/mol. The molecule has 0 bridgehead atoms. The minimum atomic E-state index is -0.653. The summed E-state index contributed by atoms with van der Waals surface area (Å²) < 4.78 is 0. The van der Waals surface area contributed by atoms with Crippen LogP contribution in [0.2, 0.25) is 0 Å². The van der Waals surface area contributed by atoms with E-state index in [9.17, 15) is 14.4 Å². The normalized spacial score (nSPS) is 15.9. The molecule has 0 aliphatic heterocycles. The summed E-state index contributed by atoms with van der Waals surface area (Å²) in [4.78, 5) is 39.4. The summed E-state index contributed by atoms with van der Waals surface area (Å²) in [5.74, 6) is 0.379. The fourth-order valence-electron chi connectivity index (χ4n) is 4.77. The number of anilines is 1. The molecule has 2 N–H and O–H groups in total. The zero-order valence-corrected chi connectivity index (χ0v) is 22.0. The van der Waals surface area contributed by atoms with E-state index in [1.807, 2.05) is 54.6 Å². The summed E-state index contributed by atoms with van der Waals surface area (Å²) >= 11 is 1.08. The first-order valence-corrected chi connectivity index (χ1v) is 13.5. The second-order valence-corrected chi connectivity index (χ2v) is 11.1. The average molecular weight is 495 g/mol. The summed E-state index contributed by atoms with van der Waals surface area (Å²) in [6.07, 6.45) is 7.52. The second-order valence-electron chi connectivity index (χ2n) is 10.1. The van der Waals surface area contributed by atoms with Gasteiger partial charge in [-0.15, -0.1) is 0 Å². The first-order chi connectivity index (χ1) is 16.8. The quantitative estimate of drug-likeness (QED) is 0.376. The van der Waals surface area contributed by atoms with Crippen molar-refractivity contribution in [3.05, 3.63) is 60.2 Å². The van der Waals surface area contributed by atoms with Crippen molar-refractivity contribution in [1.29, 1.82) is 0 Å². The third-order valence-corrected chi connectivity index (χ3v) is 7.84. The molecule has 1 atom stereocenters. The highest BCUT2D eigenvalue weighted by Crippen LogP contribution is 2.42. The van der Waals surface area contributed by atoms with Crippen molar-refractivity contribution < 1.29 is 14.4 Å². The number of hydrogen-bond donors (Lipinski definition) is 2. The van der Waals surface area contributed by atoms with Gasteiger partial charge in [-0.3, -0.25) is 14.4 Å². The van der Waals surface area contributed by atoms with E-state index >= 15 is 0 Å². The van der Waals surface area contributed by atoms with Gasteiger partial charge in [-0.1, -0.05) is 75.6 Å². The molecule has 3 rings (SSSR count). The molecule has 2 amide bonds. The molecule has 0 saturated heterocycles. The Morgan fingerprint density at radius 3 is 2.26 bits per heavy atom. The van der Waals surface area contributed by atoms with Crippen LogP contribution in [-0.2, 0) is 20.8 Å². The van der Waals surface area contributed by atoms with Crippen LogP contribution in [0.4, 0.5) is 5.69 Å². The molecule has 1 fully saturated rings. The van der Waals surface area contributed by atoms with Gasteiger partial charge in [0.1, 0.15) is 6.04 Å². The van der Waals surface area contributed by atoms with Crippen LogP contribution in [-0.4, -0.2) is 23.0 Å². The number of hydrogen-bond acceptors (Lipinski definition) is 4. The van der Waals surface area contributed by atoms with E-state index in [4.69, 9.17) is 0 Å². The zero-order chi connectivity index (χ0) is 25.3. The first kappa shape index (κ1) is 27.0. The first-order valence-electron chi connectivity index (χ1n) is 12.7. The van der Waals surface area contributed by atoms with Gasteiger partial charge in [0.05, 0.1) is 5.69 Å². The van der Waals surface area contributed by atoms with Crippen LogP contribution in [0.5, 0.6) is 0 Å². The molecule has 2 aromatic carbocycles. The van der Waals surface area contributed by atoms with Gasteiger partial charge in [-0.2, -0.15) is 0 Å². The van der Waals surface area contributed by atoms with Crippen molar-refractivity contribution in [2.24, 2.45) is 11.3 Å². The lowest BCUT2D eigenvalue weighted by molar-refractivity contribution is -0.128. The minimum absolute atomic E-state index is 0.0704. The van der Waals surface area contributed by atoms with E-state index in [0.29, 0.717) is 22.9 Å². The molecule has 0 radical (unpaired) electrons. The van der Waals surface area contributed by atoms with Gasteiger partial charge in [-0.05, 0) is 61.1 Å². The Kier molecular flexibility index (Phi) is 9.96. The van der Waals surface area contributed by atoms with Gasteiger partial charge >= 0.3 is 0 Å². The highest BCUT2D eigenvalue weighted by Gasteiger charge is 2.39. The number of carbonyl (C=O) groups excluding carboxylic acids is 3. The second kappa shape index (κ2) is 12.9. The molecule has 5 nitrogen and oxygen atoms in total. The van der Waals surface area contributed by atoms with Crippen molar-refractivity contribution in [3.63, 3.8) is 0 Å².